The van der Waals surface area contributed by atoms with Gasteiger partial charge in [0.15, 0.2) is 5.17 Å². The van der Waals surface area contributed by atoms with Gasteiger partial charge in [0, 0.05) is 11.3 Å². The molecule has 6 rings (SSSR count). The van der Waals surface area contributed by atoms with Crippen molar-refractivity contribution in [2.75, 3.05) is 6.61 Å². The molecule has 0 unspecified atom stereocenters. The number of ether oxygens (including phenoxy) is 1. The lowest BCUT2D eigenvalue weighted by molar-refractivity contribution is -0.115. The van der Waals surface area contributed by atoms with Crippen LogP contribution in [-0.2, 0) is 4.79 Å². The SMILES string of the molecule is CCOc1ccc(-n2c(-c3ccccc3)cc(/C=C3/SC(=Nc4ccccc4)NC3=O)c2-c2ccccc2)cc1. The van der Waals surface area contributed by atoms with Crippen molar-refractivity contribution < 1.29 is 9.53 Å². The number of hydrogen-bond acceptors (Lipinski definition) is 4. The highest BCUT2D eigenvalue weighted by Gasteiger charge is 2.26. The summed E-state index contributed by atoms with van der Waals surface area (Å²) in [5.74, 6) is 0.668. The second-order valence-corrected chi connectivity index (χ2v) is 10.2. The summed E-state index contributed by atoms with van der Waals surface area (Å²) in [6.45, 7) is 2.59. The fraction of sp³-hybridized carbons (Fsp3) is 0.0588. The standard InChI is InChI=1S/C34H27N3O2S/c1-2-39-29-20-18-28(19-21-29)37-30(24-12-6-3-7-13-24)22-26(32(37)25-14-8-4-9-15-25)23-31-33(38)36-34(40-31)35-27-16-10-5-11-17-27/h3-23H,2H2,1H3,(H,35,36,38)/b31-23+. The van der Waals surface area contributed by atoms with Crippen molar-refractivity contribution in [1.29, 1.82) is 0 Å². The third-order valence-electron chi connectivity index (χ3n) is 6.48. The molecule has 1 aliphatic heterocycles. The Labute approximate surface area is 237 Å². The molecule has 0 aliphatic carbocycles. The van der Waals surface area contributed by atoms with Crippen LogP contribution in [0.2, 0.25) is 0 Å². The Morgan fingerprint density at radius 1 is 0.825 bits per heavy atom. The fourth-order valence-corrected chi connectivity index (χ4v) is 5.55. The molecule has 1 amide bonds. The highest BCUT2D eigenvalue weighted by molar-refractivity contribution is 8.18. The zero-order chi connectivity index (χ0) is 27.3. The largest absolute Gasteiger partial charge is 0.494 e. The molecule has 0 atom stereocenters. The summed E-state index contributed by atoms with van der Waals surface area (Å²) in [6, 6.07) is 40.5. The summed E-state index contributed by atoms with van der Waals surface area (Å²) in [6.07, 6.45) is 1.97. The van der Waals surface area contributed by atoms with Crippen LogP contribution in [0.15, 0.2) is 131 Å². The molecule has 196 valence electrons. The van der Waals surface area contributed by atoms with Crippen LogP contribution in [0.1, 0.15) is 12.5 Å². The average molecular weight is 542 g/mol. The molecule has 5 aromatic rings. The summed E-state index contributed by atoms with van der Waals surface area (Å²) in [4.78, 5) is 18.3. The van der Waals surface area contributed by atoms with Crippen molar-refractivity contribution in [2.24, 2.45) is 4.99 Å². The number of nitrogens with zero attached hydrogens (tertiary/aromatic N) is 2. The predicted octanol–water partition coefficient (Wildman–Crippen LogP) is 8.10. The summed E-state index contributed by atoms with van der Waals surface area (Å²) in [7, 11) is 0. The number of amidine groups is 1. The van der Waals surface area contributed by atoms with Crippen molar-refractivity contribution in [2.45, 2.75) is 6.92 Å². The van der Waals surface area contributed by atoms with Gasteiger partial charge in [0.2, 0.25) is 0 Å². The van der Waals surface area contributed by atoms with E-state index in [1.54, 1.807) is 0 Å². The van der Waals surface area contributed by atoms with E-state index < -0.39 is 0 Å². The first-order valence-corrected chi connectivity index (χ1v) is 14.0. The molecular formula is C34H27N3O2S. The minimum atomic E-state index is -0.159. The van der Waals surface area contributed by atoms with Crippen LogP contribution in [0, 0.1) is 0 Å². The van der Waals surface area contributed by atoms with E-state index in [2.05, 4.69) is 57.3 Å². The number of carbonyl (C=O) groups is 1. The zero-order valence-corrected chi connectivity index (χ0v) is 22.8. The van der Waals surface area contributed by atoms with Crippen LogP contribution in [0.4, 0.5) is 5.69 Å². The van der Waals surface area contributed by atoms with Crippen LogP contribution < -0.4 is 10.1 Å². The molecule has 4 aromatic carbocycles. The van der Waals surface area contributed by atoms with Crippen molar-refractivity contribution in [1.82, 2.24) is 9.88 Å². The second kappa shape index (κ2) is 11.5. The van der Waals surface area contributed by atoms with Crippen LogP contribution in [0.25, 0.3) is 34.3 Å². The van der Waals surface area contributed by atoms with Gasteiger partial charge < -0.3 is 14.6 Å². The van der Waals surface area contributed by atoms with Crippen LogP contribution in [0.3, 0.4) is 0 Å². The van der Waals surface area contributed by atoms with E-state index >= 15 is 0 Å². The Hall–Kier alpha value is -4.81. The van der Waals surface area contributed by atoms with Gasteiger partial charge in [0.1, 0.15) is 5.75 Å². The number of aliphatic imine (C=N–C) groups is 1. The molecule has 0 bridgehead atoms. The lowest BCUT2D eigenvalue weighted by atomic mass is 10.1. The van der Waals surface area contributed by atoms with Gasteiger partial charge in [0.05, 0.1) is 28.6 Å². The number of nitrogens with one attached hydrogen (secondary N) is 1. The highest BCUT2D eigenvalue weighted by atomic mass is 32.2. The number of carbonyl (C=O) groups excluding carboxylic acids is 1. The van der Waals surface area contributed by atoms with Crippen molar-refractivity contribution in [3.05, 3.63) is 132 Å². The maximum absolute atomic E-state index is 13.1. The van der Waals surface area contributed by atoms with Gasteiger partial charge in [-0.2, -0.15) is 0 Å². The maximum atomic E-state index is 13.1. The first-order valence-electron chi connectivity index (χ1n) is 13.1. The average Bonchev–Trinajstić information content (AvgIpc) is 3.54. The molecule has 0 radical (unpaired) electrons. The Kier molecular flexibility index (Phi) is 7.33. The minimum absolute atomic E-state index is 0.159. The van der Waals surface area contributed by atoms with Gasteiger partial charge in [0.25, 0.3) is 5.91 Å². The second-order valence-electron chi connectivity index (χ2n) is 9.15. The summed E-state index contributed by atoms with van der Waals surface area (Å²) >= 11 is 1.35. The van der Waals surface area contributed by atoms with E-state index in [-0.39, 0.29) is 5.91 Å². The minimum Gasteiger partial charge on any atom is -0.494 e. The van der Waals surface area contributed by atoms with E-state index in [1.165, 1.54) is 11.8 Å². The van der Waals surface area contributed by atoms with Gasteiger partial charge >= 0.3 is 0 Å². The summed E-state index contributed by atoms with van der Waals surface area (Å²) in [5.41, 5.74) is 6.89. The number of thioether (sulfide) groups is 1. The van der Waals surface area contributed by atoms with Crippen molar-refractivity contribution >= 4 is 34.6 Å². The summed E-state index contributed by atoms with van der Waals surface area (Å²) in [5, 5.41) is 3.49. The van der Waals surface area contributed by atoms with E-state index in [1.807, 2.05) is 91.9 Å². The first kappa shape index (κ1) is 25.5. The Morgan fingerprint density at radius 2 is 1.45 bits per heavy atom. The quantitative estimate of drug-likeness (QED) is 0.212. The van der Waals surface area contributed by atoms with Gasteiger partial charge in [-0.1, -0.05) is 78.9 Å². The highest BCUT2D eigenvalue weighted by Crippen LogP contribution is 2.39. The first-order chi connectivity index (χ1) is 19.7. The van der Waals surface area contributed by atoms with Crippen molar-refractivity contribution in [3.63, 3.8) is 0 Å². The number of hydrogen-bond donors (Lipinski definition) is 1. The molecule has 0 spiro atoms. The third-order valence-corrected chi connectivity index (χ3v) is 7.39. The number of para-hydroxylation sites is 1. The molecule has 0 saturated carbocycles. The maximum Gasteiger partial charge on any atom is 0.264 e. The molecule has 2 heterocycles. The predicted molar refractivity (Wildman–Crippen MR) is 165 cm³/mol. The van der Waals surface area contributed by atoms with E-state index in [4.69, 9.17) is 4.74 Å². The third kappa shape index (κ3) is 5.35. The lowest BCUT2D eigenvalue weighted by Gasteiger charge is -2.16. The Bertz CT molecular complexity index is 1690. The lowest BCUT2D eigenvalue weighted by Crippen LogP contribution is -2.19. The van der Waals surface area contributed by atoms with Crippen LogP contribution in [0.5, 0.6) is 5.75 Å². The van der Waals surface area contributed by atoms with Gasteiger partial charge in [-0.3, -0.25) is 4.79 Å². The monoisotopic (exact) mass is 541 g/mol. The smallest absolute Gasteiger partial charge is 0.264 e. The normalized spacial score (nSPS) is 15.0. The molecule has 1 saturated heterocycles. The topological polar surface area (TPSA) is 55.6 Å². The molecule has 1 fully saturated rings. The number of amides is 1. The number of rotatable bonds is 7. The molecule has 6 heteroatoms. The molecule has 5 nitrogen and oxygen atoms in total. The van der Waals surface area contributed by atoms with E-state index in [0.717, 1.165) is 45.2 Å². The van der Waals surface area contributed by atoms with Gasteiger partial charge in [-0.05, 0) is 78.4 Å². The van der Waals surface area contributed by atoms with Gasteiger partial charge in [-0.15, -0.1) is 0 Å². The van der Waals surface area contributed by atoms with Crippen LogP contribution >= 0.6 is 11.8 Å². The fourth-order valence-electron chi connectivity index (χ4n) is 4.72. The number of aromatic nitrogens is 1. The summed E-state index contributed by atoms with van der Waals surface area (Å²) < 4.78 is 7.96. The number of benzene rings is 4. The molecule has 1 aromatic heterocycles. The van der Waals surface area contributed by atoms with E-state index in [9.17, 15) is 4.79 Å². The van der Waals surface area contributed by atoms with Crippen molar-refractivity contribution in [3.8, 4) is 34.0 Å². The molecule has 40 heavy (non-hydrogen) atoms. The van der Waals surface area contributed by atoms with Crippen LogP contribution in [-0.4, -0.2) is 22.2 Å². The Morgan fingerprint density at radius 3 is 2.10 bits per heavy atom. The van der Waals surface area contributed by atoms with Gasteiger partial charge in [-0.25, -0.2) is 4.99 Å². The molecular weight excluding hydrogens is 514 g/mol. The zero-order valence-electron chi connectivity index (χ0n) is 22.0. The molecule has 1 N–H and O–H groups in total. The van der Waals surface area contributed by atoms with E-state index in [0.29, 0.717) is 16.7 Å². The molecule has 1 aliphatic rings. The Balaban J connectivity index is 1.52.